The summed E-state index contributed by atoms with van der Waals surface area (Å²) in [4.78, 5) is 10.7. The lowest BCUT2D eigenvalue weighted by Gasteiger charge is -2.26. The Kier molecular flexibility index (Phi) is 8.40. The van der Waals surface area contributed by atoms with E-state index in [0.29, 0.717) is 17.8 Å². The first kappa shape index (κ1) is 34.2. The maximum absolute atomic E-state index is 5.45. The third kappa shape index (κ3) is 5.90. The Hall–Kier alpha value is -6.32. The van der Waals surface area contributed by atoms with E-state index in [1.165, 1.54) is 55.3 Å². The second-order valence-electron chi connectivity index (χ2n) is 16.2. The van der Waals surface area contributed by atoms with Crippen molar-refractivity contribution in [3.63, 3.8) is 0 Å². The van der Waals surface area contributed by atoms with E-state index in [0.717, 1.165) is 34.8 Å². The summed E-state index contributed by atoms with van der Waals surface area (Å²) in [6.45, 7) is 7.05. The molecule has 272 valence electrons. The molecule has 0 amide bonds. The lowest BCUT2D eigenvalue weighted by atomic mass is 9.80. The minimum atomic E-state index is -0.384. The molecular formula is C53H45N3. The van der Waals surface area contributed by atoms with Crippen LogP contribution in [0.15, 0.2) is 186 Å². The number of amidine groups is 2. The van der Waals surface area contributed by atoms with Gasteiger partial charge in [0.2, 0.25) is 0 Å². The Morgan fingerprint density at radius 1 is 0.571 bits per heavy atom. The molecule has 56 heavy (non-hydrogen) atoms. The SMILES string of the molecule is CC1C=CC=CC1c1ccc(-c2ccc3c(c2)C(C)(C)c2cc4ccccc4c(C4=NC(c5ccccc5)N=C(c5ccc(C6C=CC=CC6)cc5)N4)c2-3)cc1. The molecule has 0 fully saturated rings. The van der Waals surface area contributed by atoms with Crippen LogP contribution in [0.25, 0.3) is 33.0 Å². The van der Waals surface area contributed by atoms with Crippen molar-refractivity contribution in [2.24, 2.45) is 15.9 Å². The number of nitrogens with one attached hydrogen (secondary N) is 1. The van der Waals surface area contributed by atoms with Crippen LogP contribution in [0.2, 0.25) is 0 Å². The van der Waals surface area contributed by atoms with Gasteiger partial charge in [-0.15, -0.1) is 0 Å². The van der Waals surface area contributed by atoms with Gasteiger partial charge in [0.25, 0.3) is 0 Å². The number of rotatable bonds is 6. The van der Waals surface area contributed by atoms with Crippen molar-refractivity contribution >= 4 is 22.4 Å². The van der Waals surface area contributed by atoms with E-state index in [-0.39, 0.29) is 11.6 Å². The molecule has 4 unspecified atom stereocenters. The highest BCUT2D eigenvalue weighted by Crippen LogP contribution is 2.53. The van der Waals surface area contributed by atoms with E-state index in [9.17, 15) is 0 Å². The van der Waals surface area contributed by atoms with Crippen molar-refractivity contribution in [3.05, 3.63) is 215 Å². The summed E-state index contributed by atoms with van der Waals surface area (Å²) in [5.41, 5.74) is 13.4. The van der Waals surface area contributed by atoms with E-state index in [4.69, 9.17) is 9.98 Å². The zero-order valence-corrected chi connectivity index (χ0v) is 32.2. The minimum absolute atomic E-state index is 0.225. The van der Waals surface area contributed by atoms with E-state index >= 15 is 0 Å². The average Bonchev–Trinajstić information content (AvgIpc) is 3.48. The molecule has 3 aliphatic carbocycles. The summed E-state index contributed by atoms with van der Waals surface area (Å²) >= 11 is 0. The van der Waals surface area contributed by atoms with E-state index in [1.807, 2.05) is 0 Å². The largest absolute Gasteiger partial charge is 0.324 e. The predicted octanol–water partition coefficient (Wildman–Crippen LogP) is 12.8. The van der Waals surface area contributed by atoms with Gasteiger partial charge >= 0.3 is 0 Å². The van der Waals surface area contributed by atoms with Crippen molar-refractivity contribution in [1.29, 1.82) is 0 Å². The van der Waals surface area contributed by atoms with Gasteiger partial charge in [0, 0.05) is 28.4 Å². The van der Waals surface area contributed by atoms with Gasteiger partial charge in [-0.1, -0.05) is 185 Å². The number of allylic oxidation sites excluding steroid dienone is 8. The molecule has 4 atom stereocenters. The summed E-state index contributed by atoms with van der Waals surface area (Å²) in [7, 11) is 0. The van der Waals surface area contributed by atoms with Crippen molar-refractivity contribution < 1.29 is 0 Å². The topological polar surface area (TPSA) is 36.8 Å². The first-order chi connectivity index (χ1) is 27.4. The van der Waals surface area contributed by atoms with Crippen LogP contribution in [0, 0.1) is 5.92 Å². The highest BCUT2D eigenvalue weighted by molar-refractivity contribution is 6.23. The zero-order chi connectivity index (χ0) is 37.8. The van der Waals surface area contributed by atoms with E-state index in [2.05, 4.69) is 202 Å². The van der Waals surface area contributed by atoms with Gasteiger partial charge in [-0.3, -0.25) is 0 Å². The molecule has 4 aliphatic rings. The first-order valence-electron chi connectivity index (χ1n) is 20.0. The highest BCUT2D eigenvalue weighted by atomic mass is 15.2. The number of hydrogen-bond acceptors (Lipinski definition) is 3. The number of hydrogen-bond donors (Lipinski definition) is 1. The summed E-state index contributed by atoms with van der Waals surface area (Å²) in [6, 6.07) is 46.9. The van der Waals surface area contributed by atoms with Crippen LogP contribution < -0.4 is 5.32 Å². The molecular weight excluding hydrogens is 679 g/mol. The molecule has 6 aromatic carbocycles. The lowest BCUT2D eigenvalue weighted by Crippen LogP contribution is -2.36. The van der Waals surface area contributed by atoms with Crippen LogP contribution in [-0.4, -0.2) is 11.7 Å². The van der Waals surface area contributed by atoms with Crippen LogP contribution >= 0.6 is 0 Å². The van der Waals surface area contributed by atoms with E-state index in [1.54, 1.807) is 0 Å². The Labute approximate surface area is 330 Å². The minimum Gasteiger partial charge on any atom is -0.324 e. The summed E-state index contributed by atoms with van der Waals surface area (Å²) in [5.74, 6) is 2.98. The zero-order valence-electron chi connectivity index (χ0n) is 32.2. The molecule has 0 radical (unpaired) electrons. The third-order valence-electron chi connectivity index (χ3n) is 12.4. The number of nitrogens with zero attached hydrogens (tertiary/aromatic N) is 2. The number of benzene rings is 6. The molecule has 6 aromatic rings. The van der Waals surface area contributed by atoms with Crippen molar-refractivity contribution in [1.82, 2.24) is 5.32 Å². The number of fused-ring (bicyclic) bond motifs is 4. The highest BCUT2D eigenvalue weighted by Gasteiger charge is 2.39. The lowest BCUT2D eigenvalue weighted by molar-refractivity contribution is 0.635. The van der Waals surface area contributed by atoms with Gasteiger partial charge < -0.3 is 5.32 Å². The summed E-state index contributed by atoms with van der Waals surface area (Å²) < 4.78 is 0. The van der Waals surface area contributed by atoms with Gasteiger partial charge in [-0.2, -0.15) is 0 Å². The van der Waals surface area contributed by atoms with Crippen LogP contribution in [-0.2, 0) is 5.41 Å². The second kappa shape index (κ2) is 13.8. The molecule has 0 aromatic heterocycles. The Morgan fingerprint density at radius 3 is 2.05 bits per heavy atom. The molecule has 0 spiro atoms. The van der Waals surface area contributed by atoms with E-state index < -0.39 is 0 Å². The van der Waals surface area contributed by atoms with Gasteiger partial charge in [0.05, 0.1) is 0 Å². The van der Waals surface area contributed by atoms with Gasteiger partial charge in [0.1, 0.15) is 11.7 Å². The number of aliphatic imine (C=N–C) groups is 2. The molecule has 0 saturated carbocycles. The smallest absolute Gasteiger partial charge is 0.169 e. The average molecular weight is 724 g/mol. The molecule has 0 bridgehead atoms. The monoisotopic (exact) mass is 723 g/mol. The standard InChI is InChI=1S/C53H45N3/c1-34-14-10-12-20-43(34)38-26-22-37(23-27-38)41-30-31-45-46(32-41)53(2,3)47-33-42-19-11-13-21-44(42)49(48(45)47)52-55-50(39-17-8-5-9-18-39)54-51(56-52)40-28-24-36(25-29-40)35-15-6-4-7-16-35/h4-15,17-35,43,50H,16H2,1-3H3,(H,54,55,56). The fraction of sp³-hybridized carbons (Fsp3) is 0.170. The fourth-order valence-corrected chi connectivity index (χ4v) is 9.21. The molecule has 1 aliphatic heterocycles. The van der Waals surface area contributed by atoms with Crippen LogP contribution in [0.1, 0.15) is 84.1 Å². The van der Waals surface area contributed by atoms with Gasteiger partial charge in [0.15, 0.2) is 6.17 Å². The molecule has 1 heterocycles. The van der Waals surface area contributed by atoms with Crippen LogP contribution in [0.4, 0.5) is 0 Å². The fourth-order valence-electron chi connectivity index (χ4n) is 9.21. The normalized spacial score (nSPS) is 21.6. The Bertz CT molecular complexity index is 2670. The quantitative estimate of drug-likeness (QED) is 0.182. The van der Waals surface area contributed by atoms with Crippen molar-refractivity contribution in [2.45, 2.75) is 50.6 Å². The second-order valence-corrected chi connectivity index (χ2v) is 16.2. The van der Waals surface area contributed by atoms with Gasteiger partial charge in [-0.25, -0.2) is 9.98 Å². The van der Waals surface area contributed by atoms with Crippen molar-refractivity contribution in [3.8, 4) is 22.3 Å². The molecule has 10 rings (SSSR count). The predicted molar refractivity (Wildman–Crippen MR) is 235 cm³/mol. The Morgan fingerprint density at radius 2 is 1.27 bits per heavy atom. The molecule has 0 saturated heterocycles. The van der Waals surface area contributed by atoms with Crippen LogP contribution in [0.3, 0.4) is 0 Å². The van der Waals surface area contributed by atoms with Crippen LogP contribution in [0.5, 0.6) is 0 Å². The summed E-state index contributed by atoms with van der Waals surface area (Å²) in [6.07, 6.45) is 18.4. The summed E-state index contributed by atoms with van der Waals surface area (Å²) in [5, 5.41) is 6.20. The molecule has 1 N–H and O–H groups in total. The maximum atomic E-state index is 5.45. The Balaban J connectivity index is 1.08. The maximum Gasteiger partial charge on any atom is 0.169 e. The third-order valence-corrected chi connectivity index (χ3v) is 12.4. The van der Waals surface area contributed by atoms with Gasteiger partial charge in [-0.05, 0) is 85.3 Å². The molecule has 3 nitrogen and oxygen atoms in total. The van der Waals surface area contributed by atoms with Crippen molar-refractivity contribution in [2.75, 3.05) is 0 Å². The first-order valence-corrected chi connectivity index (χ1v) is 20.0. The molecule has 3 heteroatoms.